The van der Waals surface area contributed by atoms with E-state index in [9.17, 15) is 0 Å². The second kappa shape index (κ2) is 8.05. The van der Waals surface area contributed by atoms with E-state index < -0.39 is 0 Å². The zero-order valence-corrected chi connectivity index (χ0v) is 14.5. The molecule has 1 saturated carbocycles. The van der Waals surface area contributed by atoms with E-state index in [2.05, 4.69) is 37.6 Å². The number of nitrogens with zero attached hydrogens (tertiary/aromatic N) is 2. The number of hydrogen-bond acceptors (Lipinski definition) is 2. The van der Waals surface area contributed by atoms with Crippen molar-refractivity contribution in [2.45, 2.75) is 97.2 Å². The Bertz CT molecular complexity index is 340. The van der Waals surface area contributed by atoms with Gasteiger partial charge in [0.25, 0.3) is 6.02 Å². The molecule has 3 unspecified atom stereocenters. The smallest absolute Gasteiger partial charge is 0.288 e. The van der Waals surface area contributed by atoms with Crippen LogP contribution in [0.15, 0.2) is 4.99 Å². The Hall–Kier alpha value is -0.730. The van der Waals surface area contributed by atoms with Crippen LogP contribution in [-0.2, 0) is 4.74 Å². The average molecular weight is 294 g/mol. The van der Waals surface area contributed by atoms with Gasteiger partial charge in [0.2, 0.25) is 0 Å². The summed E-state index contributed by atoms with van der Waals surface area (Å²) in [6.45, 7) is 9.85. The number of aliphatic imine (C=N–C) groups is 1. The lowest BCUT2D eigenvalue weighted by molar-refractivity contribution is 0.154. The van der Waals surface area contributed by atoms with E-state index in [-0.39, 0.29) is 0 Å². The third-order valence-electron chi connectivity index (χ3n) is 5.00. The Balaban J connectivity index is 2.13. The molecule has 0 aromatic carbocycles. The molecule has 2 aliphatic rings. The van der Waals surface area contributed by atoms with E-state index in [0.29, 0.717) is 18.2 Å². The summed E-state index contributed by atoms with van der Waals surface area (Å²) in [6.07, 6.45) is 11.0. The van der Waals surface area contributed by atoms with Crippen LogP contribution < -0.4 is 0 Å². The summed E-state index contributed by atoms with van der Waals surface area (Å²) < 4.78 is 6.28. The molecule has 1 aliphatic heterocycles. The van der Waals surface area contributed by atoms with E-state index in [4.69, 9.17) is 4.74 Å². The minimum atomic E-state index is 0.359. The molecule has 0 aromatic heterocycles. The lowest BCUT2D eigenvalue weighted by atomic mass is 9.94. The number of rotatable bonds is 2. The van der Waals surface area contributed by atoms with Crippen LogP contribution in [0.4, 0.5) is 0 Å². The molecule has 0 spiro atoms. The molecule has 0 N–H and O–H groups in total. The first kappa shape index (κ1) is 16.6. The number of fused-ring (bicyclic) bond motifs is 1. The van der Waals surface area contributed by atoms with Gasteiger partial charge in [-0.15, -0.1) is 0 Å². The summed E-state index contributed by atoms with van der Waals surface area (Å²) in [4.78, 5) is 7.07. The summed E-state index contributed by atoms with van der Waals surface area (Å²) in [6, 6.07) is 1.93. The third kappa shape index (κ3) is 4.37. The van der Waals surface area contributed by atoms with Crippen molar-refractivity contribution in [1.82, 2.24) is 4.90 Å². The van der Waals surface area contributed by atoms with E-state index in [1.54, 1.807) is 0 Å². The van der Waals surface area contributed by atoms with Gasteiger partial charge in [0.05, 0.1) is 6.04 Å². The summed E-state index contributed by atoms with van der Waals surface area (Å²) in [5.74, 6) is 0.840. The highest BCUT2D eigenvalue weighted by molar-refractivity contribution is 5.76. The van der Waals surface area contributed by atoms with Crippen LogP contribution in [0.5, 0.6) is 0 Å². The Kier molecular flexibility index (Phi) is 6.38. The minimum Gasteiger partial charge on any atom is -0.460 e. The summed E-state index contributed by atoms with van der Waals surface area (Å²) >= 11 is 0. The maximum Gasteiger partial charge on any atom is 0.288 e. The van der Waals surface area contributed by atoms with Gasteiger partial charge < -0.3 is 9.64 Å². The Morgan fingerprint density at radius 1 is 1.10 bits per heavy atom. The second-order valence-corrected chi connectivity index (χ2v) is 7.16. The molecular formula is C18H34N2O. The quantitative estimate of drug-likeness (QED) is 0.743. The van der Waals surface area contributed by atoms with Crippen molar-refractivity contribution >= 4 is 6.02 Å². The fourth-order valence-corrected chi connectivity index (χ4v) is 3.82. The third-order valence-corrected chi connectivity index (χ3v) is 5.00. The molecule has 1 aliphatic carbocycles. The molecule has 3 atom stereocenters. The van der Waals surface area contributed by atoms with Crippen molar-refractivity contribution in [2.24, 2.45) is 10.9 Å². The highest BCUT2D eigenvalue weighted by Crippen LogP contribution is 2.31. The van der Waals surface area contributed by atoms with E-state index in [1.807, 2.05) is 0 Å². The van der Waals surface area contributed by atoms with Crippen molar-refractivity contribution in [3.63, 3.8) is 0 Å². The molecule has 2 fully saturated rings. The van der Waals surface area contributed by atoms with Crippen molar-refractivity contribution in [3.8, 4) is 0 Å². The minimum absolute atomic E-state index is 0.359. The monoisotopic (exact) mass is 294 g/mol. The summed E-state index contributed by atoms with van der Waals surface area (Å²) in [5.41, 5.74) is 0. The molecule has 21 heavy (non-hydrogen) atoms. The molecule has 3 nitrogen and oxygen atoms in total. The average Bonchev–Trinajstić information content (AvgIpc) is 2.76. The van der Waals surface area contributed by atoms with Gasteiger partial charge >= 0.3 is 0 Å². The SMILES string of the molecule is CC/N=C1/OC2CCC(C)CCCCCCC2N1C(C)C. The molecule has 0 aromatic rings. The first-order chi connectivity index (χ1) is 10.1. The zero-order valence-electron chi connectivity index (χ0n) is 14.5. The van der Waals surface area contributed by atoms with Crippen LogP contribution in [0.3, 0.4) is 0 Å². The van der Waals surface area contributed by atoms with Crippen LogP contribution in [0.2, 0.25) is 0 Å². The predicted molar refractivity (Wildman–Crippen MR) is 89.7 cm³/mol. The van der Waals surface area contributed by atoms with E-state index in [1.165, 1.54) is 51.4 Å². The largest absolute Gasteiger partial charge is 0.460 e. The Labute approximate surface area is 131 Å². The normalized spacial score (nSPS) is 33.7. The first-order valence-electron chi connectivity index (χ1n) is 9.13. The van der Waals surface area contributed by atoms with Crippen LogP contribution in [0, 0.1) is 5.92 Å². The van der Waals surface area contributed by atoms with Crippen molar-refractivity contribution in [3.05, 3.63) is 0 Å². The first-order valence-corrected chi connectivity index (χ1v) is 9.13. The second-order valence-electron chi connectivity index (χ2n) is 7.16. The fraction of sp³-hybridized carbons (Fsp3) is 0.944. The Morgan fingerprint density at radius 2 is 1.81 bits per heavy atom. The fourth-order valence-electron chi connectivity index (χ4n) is 3.82. The van der Waals surface area contributed by atoms with Gasteiger partial charge in [0.1, 0.15) is 6.10 Å². The highest BCUT2D eigenvalue weighted by atomic mass is 16.5. The van der Waals surface area contributed by atoms with Crippen molar-refractivity contribution in [1.29, 1.82) is 0 Å². The number of hydrogen-bond donors (Lipinski definition) is 0. The topological polar surface area (TPSA) is 24.8 Å². The molecule has 2 rings (SSSR count). The summed E-state index contributed by atoms with van der Waals surface area (Å²) in [7, 11) is 0. The molecule has 3 heteroatoms. The Morgan fingerprint density at radius 3 is 2.48 bits per heavy atom. The molecule has 0 amide bonds. The molecule has 0 bridgehead atoms. The van der Waals surface area contributed by atoms with Gasteiger partial charge in [-0.2, -0.15) is 0 Å². The van der Waals surface area contributed by atoms with Gasteiger partial charge in [-0.25, -0.2) is 4.99 Å². The van der Waals surface area contributed by atoms with Gasteiger partial charge in [-0.1, -0.05) is 39.0 Å². The van der Waals surface area contributed by atoms with Crippen LogP contribution in [0.1, 0.15) is 79.1 Å². The van der Waals surface area contributed by atoms with E-state index >= 15 is 0 Å². The van der Waals surface area contributed by atoms with Gasteiger partial charge in [0, 0.05) is 12.6 Å². The lowest BCUT2D eigenvalue weighted by Gasteiger charge is -2.29. The van der Waals surface area contributed by atoms with Crippen LogP contribution in [0.25, 0.3) is 0 Å². The molecule has 0 radical (unpaired) electrons. The van der Waals surface area contributed by atoms with Crippen molar-refractivity contribution in [2.75, 3.05) is 6.54 Å². The van der Waals surface area contributed by atoms with Gasteiger partial charge in [-0.3, -0.25) is 0 Å². The molecule has 122 valence electrons. The van der Waals surface area contributed by atoms with Crippen molar-refractivity contribution < 1.29 is 4.74 Å². The maximum atomic E-state index is 6.28. The molecule has 1 heterocycles. The highest BCUT2D eigenvalue weighted by Gasteiger charge is 2.40. The molecular weight excluding hydrogens is 260 g/mol. The van der Waals surface area contributed by atoms with Crippen LogP contribution >= 0.6 is 0 Å². The number of ether oxygens (including phenoxy) is 1. The predicted octanol–water partition coefficient (Wildman–Crippen LogP) is 4.61. The van der Waals surface area contributed by atoms with Gasteiger partial charge in [0.15, 0.2) is 0 Å². The maximum absolute atomic E-state index is 6.28. The summed E-state index contributed by atoms with van der Waals surface area (Å²) in [5, 5.41) is 0. The van der Waals surface area contributed by atoms with Gasteiger partial charge in [-0.05, 0) is 46.0 Å². The van der Waals surface area contributed by atoms with Crippen LogP contribution in [-0.4, -0.2) is 35.7 Å². The van der Waals surface area contributed by atoms with E-state index in [0.717, 1.165) is 18.5 Å². The zero-order chi connectivity index (χ0) is 15.2. The standard InChI is InChI=1S/C18H34N2O/c1-5-19-18-20(14(2)3)16-11-9-7-6-8-10-15(4)12-13-17(16)21-18/h14-17H,5-13H2,1-4H3/b19-18+. The number of amidine groups is 1. The lowest BCUT2D eigenvalue weighted by Crippen LogP contribution is -2.41. The molecule has 1 saturated heterocycles.